The van der Waals surface area contributed by atoms with E-state index in [1.165, 1.54) is 0 Å². The molecule has 2 unspecified atom stereocenters. The van der Waals surface area contributed by atoms with E-state index in [1.807, 2.05) is 25.1 Å². The number of fused-ring (bicyclic) bond motifs is 1. The van der Waals surface area contributed by atoms with Gasteiger partial charge in [0.15, 0.2) is 0 Å². The minimum Gasteiger partial charge on any atom is -0.439 e. The van der Waals surface area contributed by atoms with Crippen LogP contribution in [0.4, 0.5) is 4.79 Å². The molecule has 2 saturated heterocycles. The van der Waals surface area contributed by atoms with Crippen molar-refractivity contribution in [2.75, 3.05) is 26.7 Å². The highest BCUT2D eigenvalue weighted by atomic mass is 32.1. The Morgan fingerprint density at radius 1 is 1.48 bits per heavy atom. The Morgan fingerprint density at radius 3 is 3.13 bits per heavy atom. The zero-order valence-corrected chi connectivity index (χ0v) is 18.4. The molecule has 2 aliphatic heterocycles. The maximum Gasteiger partial charge on any atom is 0.414 e. The van der Waals surface area contributed by atoms with Crippen LogP contribution in [0.1, 0.15) is 23.1 Å². The van der Waals surface area contributed by atoms with Crippen molar-refractivity contribution in [3.63, 3.8) is 0 Å². The SMILES string of the molecule is CC1C=C(c2ccc(C[C@@H](C#N)NC(=O)[C@@H]3CNCCCO3)s2)C=C2C1OC(=O)N2C. The monoisotopic (exact) mass is 442 g/mol. The molecule has 164 valence electrons. The van der Waals surface area contributed by atoms with E-state index in [2.05, 4.69) is 22.8 Å². The smallest absolute Gasteiger partial charge is 0.414 e. The third-order valence-corrected chi connectivity index (χ3v) is 6.82. The van der Waals surface area contributed by atoms with Gasteiger partial charge in [0.1, 0.15) is 18.2 Å². The second kappa shape index (κ2) is 9.22. The predicted molar refractivity (Wildman–Crippen MR) is 116 cm³/mol. The quantitative estimate of drug-likeness (QED) is 0.723. The maximum absolute atomic E-state index is 12.5. The van der Waals surface area contributed by atoms with E-state index in [1.54, 1.807) is 23.3 Å². The number of amides is 2. The molecule has 0 aromatic carbocycles. The molecule has 1 aliphatic carbocycles. The summed E-state index contributed by atoms with van der Waals surface area (Å²) in [7, 11) is 1.72. The Hall–Kier alpha value is -2.67. The average Bonchev–Trinajstić information content (AvgIpc) is 3.21. The van der Waals surface area contributed by atoms with Crippen molar-refractivity contribution in [1.29, 1.82) is 5.26 Å². The van der Waals surface area contributed by atoms with E-state index < -0.39 is 12.1 Å². The average molecular weight is 443 g/mol. The van der Waals surface area contributed by atoms with Crippen molar-refractivity contribution >= 4 is 28.9 Å². The van der Waals surface area contributed by atoms with Gasteiger partial charge >= 0.3 is 6.09 Å². The molecule has 4 atom stereocenters. The zero-order chi connectivity index (χ0) is 22.0. The molecule has 31 heavy (non-hydrogen) atoms. The van der Waals surface area contributed by atoms with Crippen LogP contribution in [0.3, 0.4) is 0 Å². The number of allylic oxidation sites excluding steroid dienone is 2. The molecular formula is C22H26N4O4S. The summed E-state index contributed by atoms with van der Waals surface area (Å²) in [6, 6.07) is 5.56. The van der Waals surface area contributed by atoms with Crippen LogP contribution in [0, 0.1) is 17.2 Å². The van der Waals surface area contributed by atoms with Gasteiger partial charge in [-0.15, -0.1) is 11.3 Å². The van der Waals surface area contributed by atoms with Crippen LogP contribution >= 0.6 is 11.3 Å². The lowest BCUT2D eigenvalue weighted by Gasteiger charge is -2.22. The highest BCUT2D eigenvalue weighted by Gasteiger charge is 2.39. The molecule has 1 aromatic rings. The molecular weight excluding hydrogens is 416 g/mol. The number of nitrogens with one attached hydrogen (secondary N) is 2. The van der Waals surface area contributed by atoms with Gasteiger partial charge in [0.2, 0.25) is 0 Å². The maximum atomic E-state index is 12.5. The molecule has 3 heterocycles. The molecule has 0 radical (unpaired) electrons. The van der Waals surface area contributed by atoms with Gasteiger partial charge in [-0.1, -0.05) is 13.0 Å². The lowest BCUT2D eigenvalue weighted by Crippen LogP contribution is -2.46. The molecule has 1 aromatic heterocycles. The minimum absolute atomic E-state index is 0.0776. The third-order valence-electron chi connectivity index (χ3n) is 5.67. The number of ether oxygens (including phenoxy) is 2. The standard InChI is InChI=1S/C22H26N4O4S/c1-13-8-14(9-17-20(13)30-22(28)26(17)2)19-5-4-16(31-19)10-15(11-23)25-21(27)18-12-24-6-3-7-29-18/h4-5,8-9,13,15,18,20,24H,3,6-7,10,12H2,1-2H3,(H,25,27)/t13?,15-,18-,20?/m0/s1. The number of nitriles is 1. The van der Waals surface area contributed by atoms with Crippen molar-refractivity contribution < 1.29 is 19.1 Å². The Kier molecular flexibility index (Phi) is 6.41. The number of carbonyl (C=O) groups excluding carboxylic acids is 2. The summed E-state index contributed by atoms with van der Waals surface area (Å²) in [5.41, 5.74) is 1.90. The summed E-state index contributed by atoms with van der Waals surface area (Å²) in [4.78, 5) is 28.0. The van der Waals surface area contributed by atoms with Gasteiger partial charge in [-0.3, -0.25) is 9.69 Å². The lowest BCUT2D eigenvalue weighted by molar-refractivity contribution is -0.132. The van der Waals surface area contributed by atoms with E-state index in [0.717, 1.165) is 34.0 Å². The lowest BCUT2D eigenvalue weighted by atomic mass is 9.92. The number of nitrogens with zero attached hydrogens (tertiary/aromatic N) is 2. The highest BCUT2D eigenvalue weighted by Crippen LogP contribution is 2.38. The summed E-state index contributed by atoms with van der Waals surface area (Å²) < 4.78 is 11.0. The number of hydrogen-bond acceptors (Lipinski definition) is 7. The molecule has 0 bridgehead atoms. The van der Waals surface area contributed by atoms with E-state index in [4.69, 9.17) is 9.47 Å². The van der Waals surface area contributed by atoms with Gasteiger partial charge in [-0.05, 0) is 36.7 Å². The first-order valence-electron chi connectivity index (χ1n) is 10.5. The van der Waals surface area contributed by atoms with E-state index in [-0.39, 0.29) is 24.0 Å². The van der Waals surface area contributed by atoms with Gasteiger partial charge in [-0.2, -0.15) is 5.26 Å². The van der Waals surface area contributed by atoms with Gasteiger partial charge in [0.25, 0.3) is 5.91 Å². The van der Waals surface area contributed by atoms with Crippen LogP contribution in [0.2, 0.25) is 0 Å². The first kappa shape index (κ1) is 21.6. The van der Waals surface area contributed by atoms with Crippen molar-refractivity contribution in [3.8, 4) is 6.07 Å². The normalized spacial score (nSPS) is 26.7. The van der Waals surface area contributed by atoms with E-state index in [9.17, 15) is 14.9 Å². The fraction of sp³-hybridized carbons (Fsp3) is 0.500. The summed E-state index contributed by atoms with van der Waals surface area (Å²) in [6.45, 7) is 3.84. The number of thiophene rings is 1. The highest BCUT2D eigenvalue weighted by molar-refractivity contribution is 7.13. The molecule has 2 N–H and O–H groups in total. The Labute approximate surface area is 185 Å². The minimum atomic E-state index is -0.625. The molecule has 0 saturated carbocycles. The number of carbonyl (C=O) groups is 2. The van der Waals surface area contributed by atoms with Crippen LogP contribution in [0.15, 0.2) is 30.0 Å². The van der Waals surface area contributed by atoms with Gasteiger partial charge < -0.3 is 20.1 Å². The number of rotatable bonds is 5. The van der Waals surface area contributed by atoms with Crippen LogP contribution < -0.4 is 10.6 Å². The molecule has 4 rings (SSSR count). The van der Waals surface area contributed by atoms with Crippen LogP contribution in [-0.4, -0.2) is 61.9 Å². The van der Waals surface area contributed by atoms with Gasteiger partial charge in [0, 0.05) is 42.3 Å². The molecule has 0 spiro atoms. The van der Waals surface area contributed by atoms with E-state index in [0.29, 0.717) is 19.6 Å². The van der Waals surface area contributed by atoms with Crippen molar-refractivity contribution in [3.05, 3.63) is 39.7 Å². The summed E-state index contributed by atoms with van der Waals surface area (Å²) in [5.74, 6) is -0.181. The predicted octanol–water partition coefficient (Wildman–Crippen LogP) is 2.05. The fourth-order valence-corrected chi connectivity index (χ4v) is 5.00. The Morgan fingerprint density at radius 2 is 2.32 bits per heavy atom. The summed E-state index contributed by atoms with van der Waals surface area (Å²) >= 11 is 1.58. The molecule has 8 nitrogen and oxygen atoms in total. The Bertz CT molecular complexity index is 955. The fourth-order valence-electron chi connectivity index (χ4n) is 3.95. The third kappa shape index (κ3) is 4.66. The second-order valence-electron chi connectivity index (χ2n) is 7.99. The van der Waals surface area contributed by atoms with Crippen molar-refractivity contribution in [2.24, 2.45) is 5.92 Å². The van der Waals surface area contributed by atoms with Crippen LogP contribution in [-0.2, 0) is 20.7 Å². The molecule has 2 amide bonds. The number of likely N-dealkylation sites (N-methyl/N-ethyl adjacent to an activating group) is 1. The van der Waals surface area contributed by atoms with Gasteiger partial charge in [-0.25, -0.2) is 4.79 Å². The van der Waals surface area contributed by atoms with Crippen LogP contribution in [0.5, 0.6) is 0 Å². The number of hydrogen-bond donors (Lipinski definition) is 2. The van der Waals surface area contributed by atoms with E-state index >= 15 is 0 Å². The van der Waals surface area contributed by atoms with Crippen LogP contribution in [0.25, 0.3) is 5.57 Å². The largest absolute Gasteiger partial charge is 0.439 e. The summed E-state index contributed by atoms with van der Waals surface area (Å²) in [6.07, 6.45) is 4.26. The van der Waals surface area contributed by atoms with Crippen molar-refractivity contribution in [1.82, 2.24) is 15.5 Å². The first-order chi connectivity index (χ1) is 15.0. The van der Waals surface area contributed by atoms with Gasteiger partial charge in [0.05, 0.1) is 11.8 Å². The molecule has 2 fully saturated rings. The second-order valence-corrected chi connectivity index (χ2v) is 9.16. The first-order valence-corrected chi connectivity index (χ1v) is 11.3. The zero-order valence-electron chi connectivity index (χ0n) is 17.6. The Balaban J connectivity index is 1.42. The molecule has 9 heteroatoms. The summed E-state index contributed by atoms with van der Waals surface area (Å²) in [5, 5.41) is 15.5. The molecule has 3 aliphatic rings. The topological polar surface area (TPSA) is 104 Å². The van der Waals surface area contributed by atoms with Crippen molar-refractivity contribution in [2.45, 2.75) is 38.0 Å².